The first-order chi connectivity index (χ1) is 16.3. The Balaban J connectivity index is 1.33. The van der Waals surface area contributed by atoms with Crippen LogP contribution in [0.1, 0.15) is 43.9 Å². The van der Waals surface area contributed by atoms with Crippen molar-refractivity contribution in [1.29, 1.82) is 0 Å². The smallest absolute Gasteiger partial charge is 0.185 e. The summed E-state index contributed by atoms with van der Waals surface area (Å²) in [7, 11) is -3.48. The quantitative estimate of drug-likeness (QED) is 0.393. The molecule has 1 aliphatic carbocycles. The zero-order valence-corrected chi connectivity index (χ0v) is 20.1. The topological polar surface area (TPSA) is 79.9 Å². The minimum atomic E-state index is -3.48. The van der Waals surface area contributed by atoms with Crippen LogP contribution in [0.5, 0.6) is 0 Å². The van der Waals surface area contributed by atoms with Gasteiger partial charge in [-0.05, 0) is 61.1 Å². The molecule has 0 unspecified atom stereocenters. The van der Waals surface area contributed by atoms with Gasteiger partial charge in [0.2, 0.25) is 0 Å². The molecular formula is C28H26N2O3S. The Bertz CT molecular complexity index is 1500. The van der Waals surface area contributed by atoms with E-state index in [4.69, 9.17) is 0 Å². The summed E-state index contributed by atoms with van der Waals surface area (Å²) in [5.74, 6) is -0.0836. The third kappa shape index (κ3) is 4.21. The molecule has 0 spiro atoms. The SMILES string of the molecule is Cc1ccc(C)c(CS(=O)(=O)c2ccc(CC(=O)c3[nH]nc4c3CCc3ccccc3-4)cc2)c1. The highest BCUT2D eigenvalue weighted by molar-refractivity contribution is 7.90. The number of hydrogen-bond acceptors (Lipinski definition) is 4. The molecule has 5 rings (SSSR count). The zero-order chi connectivity index (χ0) is 23.9. The van der Waals surface area contributed by atoms with E-state index in [1.165, 1.54) is 5.56 Å². The molecule has 0 saturated carbocycles. The zero-order valence-electron chi connectivity index (χ0n) is 19.3. The minimum Gasteiger partial charge on any atom is -0.292 e. The molecule has 5 nitrogen and oxygen atoms in total. The Kier molecular flexibility index (Phi) is 5.70. The van der Waals surface area contributed by atoms with Gasteiger partial charge in [-0.15, -0.1) is 0 Å². The summed E-state index contributed by atoms with van der Waals surface area (Å²) < 4.78 is 25.9. The molecule has 1 aliphatic rings. The van der Waals surface area contributed by atoms with Gasteiger partial charge in [-0.3, -0.25) is 9.89 Å². The van der Waals surface area contributed by atoms with Gasteiger partial charge in [-0.1, -0.05) is 60.2 Å². The lowest BCUT2D eigenvalue weighted by molar-refractivity contribution is 0.0987. The molecule has 1 heterocycles. The fourth-order valence-corrected chi connectivity index (χ4v) is 6.06. The van der Waals surface area contributed by atoms with E-state index in [0.717, 1.165) is 51.9 Å². The summed E-state index contributed by atoms with van der Waals surface area (Å²) >= 11 is 0. The molecule has 1 aromatic heterocycles. The molecule has 172 valence electrons. The summed E-state index contributed by atoms with van der Waals surface area (Å²) in [6.45, 7) is 3.88. The average Bonchev–Trinajstić information content (AvgIpc) is 3.26. The maximum absolute atomic E-state index is 13.1. The molecule has 0 saturated heterocycles. The highest BCUT2D eigenvalue weighted by atomic mass is 32.2. The highest BCUT2D eigenvalue weighted by Gasteiger charge is 2.25. The van der Waals surface area contributed by atoms with Crippen LogP contribution in [0.2, 0.25) is 0 Å². The van der Waals surface area contributed by atoms with Crippen LogP contribution in [0.25, 0.3) is 11.3 Å². The first-order valence-electron chi connectivity index (χ1n) is 11.4. The lowest BCUT2D eigenvalue weighted by Gasteiger charge is -2.15. The second-order valence-corrected chi connectivity index (χ2v) is 11.0. The third-order valence-electron chi connectivity index (χ3n) is 6.56. The molecule has 0 radical (unpaired) electrons. The predicted octanol–water partition coefficient (Wildman–Crippen LogP) is 5.19. The molecule has 3 aromatic carbocycles. The van der Waals surface area contributed by atoms with Gasteiger partial charge in [0.25, 0.3) is 0 Å². The van der Waals surface area contributed by atoms with E-state index in [1.54, 1.807) is 24.3 Å². The van der Waals surface area contributed by atoms with Crippen molar-refractivity contribution in [1.82, 2.24) is 10.2 Å². The summed E-state index contributed by atoms with van der Waals surface area (Å²) in [5, 5.41) is 7.39. The monoisotopic (exact) mass is 470 g/mol. The van der Waals surface area contributed by atoms with Crippen LogP contribution in [-0.4, -0.2) is 24.4 Å². The number of fused-ring (bicyclic) bond motifs is 3. The number of carbonyl (C=O) groups is 1. The number of nitrogens with one attached hydrogen (secondary N) is 1. The van der Waals surface area contributed by atoms with Gasteiger partial charge in [-0.25, -0.2) is 8.42 Å². The number of Topliss-reactive ketones (excluding diaryl/α,β-unsaturated/α-hetero) is 1. The van der Waals surface area contributed by atoms with Crippen LogP contribution in [0, 0.1) is 13.8 Å². The maximum Gasteiger partial charge on any atom is 0.185 e. The molecule has 6 heteroatoms. The van der Waals surface area contributed by atoms with Gasteiger partial charge in [0, 0.05) is 17.5 Å². The number of aromatic nitrogens is 2. The Labute approximate surface area is 199 Å². The van der Waals surface area contributed by atoms with Gasteiger partial charge in [0.05, 0.1) is 16.3 Å². The van der Waals surface area contributed by atoms with E-state index in [-0.39, 0.29) is 22.9 Å². The van der Waals surface area contributed by atoms with Crippen molar-refractivity contribution >= 4 is 15.6 Å². The normalized spacial score (nSPS) is 12.8. The molecule has 1 N–H and O–H groups in total. The second kappa shape index (κ2) is 8.69. The number of rotatable bonds is 6. The lowest BCUT2D eigenvalue weighted by atomic mass is 9.88. The van der Waals surface area contributed by atoms with Crippen LogP contribution in [-0.2, 0) is 34.9 Å². The number of carbonyl (C=O) groups excluding carboxylic acids is 1. The number of hydrogen-bond donors (Lipinski definition) is 1. The van der Waals surface area contributed by atoms with Crippen molar-refractivity contribution in [2.24, 2.45) is 0 Å². The molecule has 4 aromatic rings. The highest BCUT2D eigenvalue weighted by Crippen LogP contribution is 2.33. The number of sulfone groups is 1. The summed E-state index contributed by atoms with van der Waals surface area (Å²) in [4.78, 5) is 13.3. The van der Waals surface area contributed by atoms with Crippen LogP contribution in [0.4, 0.5) is 0 Å². The fraction of sp³-hybridized carbons (Fsp3) is 0.214. The molecule has 0 aliphatic heterocycles. The largest absolute Gasteiger partial charge is 0.292 e. The standard InChI is InChI=1S/C28H26N2O3S/c1-18-7-8-19(2)22(15-18)17-34(32,33)23-12-9-20(10-13-23)16-26(31)28-25-14-11-21-5-3-4-6-24(21)27(25)29-30-28/h3-10,12-13,15H,11,14,16-17H2,1-2H3,(H,29,30). The molecule has 0 atom stereocenters. The van der Waals surface area contributed by atoms with Crippen molar-refractivity contribution in [2.75, 3.05) is 0 Å². The molecule has 0 bridgehead atoms. The van der Waals surface area contributed by atoms with E-state index in [2.05, 4.69) is 16.3 Å². The van der Waals surface area contributed by atoms with E-state index < -0.39 is 9.84 Å². The van der Waals surface area contributed by atoms with Crippen LogP contribution in [0.3, 0.4) is 0 Å². The minimum absolute atomic E-state index is 0.0411. The first-order valence-corrected chi connectivity index (χ1v) is 13.0. The summed E-state index contributed by atoms with van der Waals surface area (Å²) in [5.41, 5.74) is 8.29. The first kappa shape index (κ1) is 22.3. The second-order valence-electron chi connectivity index (χ2n) is 9.02. The predicted molar refractivity (Wildman–Crippen MR) is 133 cm³/mol. The summed E-state index contributed by atoms with van der Waals surface area (Å²) in [6.07, 6.45) is 1.85. The van der Waals surface area contributed by atoms with E-state index in [1.807, 2.05) is 50.2 Å². The van der Waals surface area contributed by atoms with Gasteiger partial charge < -0.3 is 0 Å². The number of aryl methyl sites for hydroxylation is 3. The summed E-state index contributed by atoms with van der Waals surface area (Å²) in [6, 6.07) is 20.7. The van der Waals surface area contributed by atoms with E-state index >= 15 is 0 Å². The maximum atomic E-state index is 13.1. The van der Waals surface area contributed by atoms with Gasteiger partial charge in [0.15, 0.2) is 15.6 Å². The van der Waals surface area contributed by atoms with E-state index in [9.17, 15) is 13.2 Å². The van der Waals surface area contributed by atoms with Crippen molar-refractivity contribution in [2.45, 2.75) is 43.8 Å². The molecule has 0 amide bonds. The fourth-order valence-electron chi connectivity index (χ4n) is 4.62. The van der Waals surface area contributed by atoms with Gasteiger partial charge >= 0.3 is 0 Å². The Hall–Kier alpha value is -3.51. The van der Waals surface area contributed by atoms with Crippen molar-refractivity contribution in [3.8, 4) is 11.3 Å². The van der Waals surface area contributed by atoms with Gasteiger partial charge in [0.1, 0.15) is 5.69 Å². The van der Waals surface area contributed by atoms with Gasteiger partial charge in [-0.2, -0.15) is 5.10 Å². The van der Waals surface area contributed by atoms with Crippen LogP contribution >= 0.6 is 0 Å². The Morgan fingerprint density at radius 1 is 0.971 bits per heavy atom. The Morgan fingerprint density at radius 3 is 2.53 bits per heavy atom. The number of ketones is 1. The van der Waals surface area contributed by atoms with Crippen LogP contribution < -0.4 is 0 Å². The van der Waals surface area contributed by atoms with Crippen molar-refractivity contribution in [3.05, 3.63) is 106 Å². The Morgan fingerprint density at radius 2 is 1.74 bits per heavy atom. The van der Waals surface area contributed by atoms with Crippen LogP contribution in [0.15, 0.2) is 71.6 Å². The number of H-pyrrole nitrogens is 1. The molecular weight excluding hydrogens is 444 g/mol. The number of aromatic amines is 1. The lowest BCUT2D eigenvalue weighted by Crippen LogP contribution is -2.10. The number of benzene rings is 3. The van der Waals surface area contributed by atoms with Crippen molar-refractivity contribution in [3.63, 3.8) is 0 Å². The third-order valence-corrected chi connectivity index (χ3v) is 8.24. The number of nitrogens with zero attached hydrogens (tertiary/aromatic N) is 1. The molecule has 34 heavy (non-hydrogen) atoms. The van der Waals surface area contributed by atoms with E-state index in [0.29, 0.717) is 5.69 Å². The average molecular weight is 471 g/mol. The van der Waals surface area contributed by atoms with Crippen molar-refractivity contribution < 1.29 is 13.2 Å². The molecule has 0 fully saturated rings.